The van der Waals surface area contributed by atoms with Crippen LogP contribution in [0.25, 0.3) is 0 Å². The summed E-state index contributed by atoms with van der Waals surface area (Å²) >= 11 is 0. The minimum absolute atomic E-state index is 0.0222. The number of sulfonamides is 1. The second-order valence-corrected chi connectivity index (χ2v) is 7.91. The molecule has 2 aromatic carbocycles. The van der Waals surface area contributed by atoms with Crippen molar-refractivity contribution in [3.63, 3.8) is 0 Å². The van der Waals surface area contributed by atoms with E-state index in [1.165, 1.54) is 41.7 Å². The third kappa shape index (κ3) is 4.43. The number of hydrogen-bond acceptors (Lipinski definition) is 3. The fourth-order valence-corrected chi connectivity index (χ4v) is 3.57. The average Bonchev–Trinajstić information content (AvgIpc) is 2.60. The van der Waals surface area contributed by atoms with E-state index in [9.17, 15) is 17.6 Å². The van der Waals surface area contributed by atoms with Gasteiger partial charge in [0.25, 0.3) is 5.91 Å². The van der Waals surface area contributed by atoms with Crippen molar-refractivity contribution < 1.29 is 17.6 Å². The molecule has 0 radical (unpaired) electrons. The highest BCUT2D eigenvalue weighted by Crippen LogP contribution is 2.18. The van der Waals surface area contributed by atoms with Crippen LogP contribution in [0.3, 0.4) is 0 Å². The summed E-state index contributed by atoms with van der Waals surface area (Å²) in [6.07, 6.45) is 0. The van der Waals surface area contributed by atoms with Gasteiger partial charge < -0.3 is 5.32 Å². The fourth-order valence-electron chi connectivity index (χ4n) is 2.16. The number of carbonyl (C=O) groups is 1. The van der Waals surface area contributed by atoms with E-state index in [4.69, 9.17) is 0 Å². The second-order valence-electron chi connectivity index (χ2n) is 5.92. The molecule has 7 heteroatoms. The molecule has 25 heavy (non-hydrogen) atoms. The van der Waals surface area contributed by atoms with Gasteiger partial charge in [-0.05, 0) is 38.1 Å². The van der Waals surface area contributed by atoms with E-state index in [1.54, 1.807) is 32.0 Å². The van der Waals surface area contributed by atoms with E-state index in [2.05, 4.69) is 5.32 Å². The molecule has 0 heterocycles. The van der Waals surface area contributed by atoms with Crippen LogP contribution in [0.4, 0.5) is 4.39 Å². The van der Waals surface area contributed by atoms with Crippen molar-refractivity contribution in [2.24, 2.45) is 0 Å². The zero-order valence-electron chi connectivity index (χ0n) is 14.4. The molecule has 2 aromatic rings. The summed E-state index contributed by atoms with van der Waals surface area (Å²) in [5, 5.41) is 2.60. The smallest absolute Gasteiger partial charge is 0.251 e. The lowest BCUT2D eigenvalue weighted by atomic mass is 10.2. The molecule has 0 atom stereocenters. The Balaban J connectivity index is 2.18. The summed E-state index contributed by atoms with van der Waals surface area (Å²) in [4.78, 5) is 12.3. The van der Waals surface area contributed by atoms with E-state index in [0.717, 1.165) is 0 Å². The molecule has 0 saturated heterocycles. The van der Waals surface area contributed by atoms with Crippen molar-refractivity contribution in [1.82, 2.24) is 9.62 Å². The Morgan fingerprint density at radius 2 is 1.84 bits per heavy atom. The van der Waals surface area contributed by atoms with Crippen LogP contribution in [0.2, 0.25) is 0 Å². The molecule has 1 amide bonds. The van der Waals surface area contributed by atoms with Gasteiger partial charge >= 0.3 is 0 Å². The van der Waals surface area contributed by atoms with Crippen molar-refractivity contribution in [3.8, 4) is 0 Å². The minimum Gasteiger partial charge on any atom is -0.348 e. The number of carbonyl (C=O) groups excluding carboxylic acids is 1. The van der Waals surface area contributed by atoms with Gasteiger partial charge in [-0.15, -0.1) is 0 Å². The Morgan fingerprint density at radius 3 is 2.48 bits per heavy atom. The number of benzene rings is 2. The maximum atomic E-state index is 13.6. The molecule has 5 nitrogen and oxygen atoms in total. The van der Waals surface area contributed by atoms with Crippen LogP contribution in [0.5, 0.6) is 0 Å². The van der Waals surface area contributed by atoms with Gasteiger partial charge in [-0.2, -0.15) is 4.31 Å². The maximum absolute atomic E-state index is 13.6. The van der Waals surface area contributed by atoms with Crippen molar-refractivity contribution in [2.75, 3.05) is 7.05 Å². The van der Waals surface area contributed by atoms with E-state index >= 15 is 0 Å². The quantitative estimate of drug-likeness (QED) is 0.857. The zero-order chi connectivity index (χ0) is 18.6. The molecule has 0 saturated carbocycles. The van der Waals surface area contributed by atoms with Crippen molar-refractivity contribution in [1.29, 1.82) is 0 Å². The number of nitrogens with one attached hydrogen (secondary N) is 1. The average molecular weight is 364 g/mol. The zero-order valence-corrected chi connectivity index (χ0v) is 15.2. The monoisotopic (exact) mass is 364 g/mol. The topological polar surface area (TPSA) is 66.5 Å². The first-order chi connectivity index (χ1) is 11.7. The van der Waals surface area contributed by atoms with Gasteiger partial charge in [0, 0.05) is 30.8 Å². The van der Waals surface area contributed by atoms with Crippen LogP contribution in [0.15, 0.2) is 53.4 Å². The molecule has 2 rings (SSSR count). The van der Waals surface area contributed by atoms with Crippen LogP contribution < -0.4 is 5.32 Å². The first kappa shape index (κ1) is 19.1. The van der Waals surface area contributed by atoms with Gasteiger partial charge in [0.15, 0.2) is 0 Å². The Labute approximate surface area is 147 Å². The molecule has 0 spiro atoms. The lowest BCUT2D eigenvalue weighted by Gasteiger charge is -2.21. The molecule has 0 aromatic heterocycles. The lowest BCUT2D eigenvalue weighted by Crippen LogP contribution is -2.33. The molecule has 0 aliphatic rings. The third-order valence-corrected chi connectivity index (χ3v) is 5.93. The first-order valence-corrected chi connectivity index (χ1v) is 9.27. The number of hydrogen-bond donors (Lipinski definition) is 1. The highest BCUT2D eigenvalue weighted by Gasteiger charge is 2.23. The molecular formula is C18H21FN2O3S. The Kier molecular flexibility index (Phi) is 5.92. The predicted molar refractivity (Wildman–Crippen MR) is 94.1 cm³/mol. The van der Waals surface area contributed by atoms with Crippen LogP contribution in [-0.2, 0) is 16.6 Å². The van der Waals surface area contributed by atoms with Crippen LogP contribution in [0, 0.1) is 5.82 Å². The minimum atomic E-state index is -3.67. The Bertz CT molecular complexity index is 866. The van der Waals surface area contributed by atoms with Gasteiger partial charge in [-0.1, -0.05) is 24.3 Å². The predicted octanol–water partition coefficient (Wildman–Crippen LogP) is 2.78. The van der Waals surface area contributed by atoms with Crippen LogP contribution >= 0.6 is 0 Å². The van der Waals surface area contributed by atoms with Crippen molar-refractivity contribution in [3.05, 3.63) is 65.5 Å². The summed E-state index contributed by atoms with van der Waals surface area (Å²) in [7, 11) is -2.18. The molecule has 134 valence electrons. The third-order valence-electron chi connectivity index (χ3n) is 3.90. The van der Waals surface area contributed by atoms with E-state index in [1.807, 2.05) is 0 Å². The summed E-state index contributed by atoms with van der Waals surface area (Å²) in [5.41, 5.74) is 0.564. The molecular weight excluding hydrogens is 343 g/mol. The first-order valence-electron chi connectivity index (χ1n) is 7.83. The van der Waals surface area contributed by atoms with Crippen LogP contribution in [0.1, 0.15) is 29.8 Å². The van der Waals surface area contributed by atoms with E-state index in [-0.39, 0.29) is 23.0 Å². The standard InChI is InChI=1S/C18H21FN2O3S/c1-13(2)21(3)25(23,24)16-9-6-8-14(11-16)18(22)20-12-15-7-4-5-10-17(15)19/h4-11,13H,12H2,1-3H3,(H,20,22). The molecule has 0 aliphatic heterocycles. The number of rotatable bonds is 6. The second kappa shape index (κ2) is 7.76. The van der Waals surface area contributed by atoms with E-state index in [0.29, 0.717) is 5.56 Å². The highest BCUT2D eigenvalue weighted by atomic mass is 32.2. The summed E-state index contributed by atoms with van der Waals surface area (Å²) in [6, 6.07) is 11.7. The van der Waals surface area contributed by atoms with Gasteiger partial charge in [0.1, 0.15) is 5.82 Å². The molecule has 0 bridgehead atoms. The summed E-state index contributed by atoms with van der Waals surface area (Å²) < 4.78 is 39.9. The van der Waals surface area contributed by atoms with Crippen molar-refractivity contribution in [2.45, 2.75) is 31.3 Å². The number of halogens is 1. The fraction of sp³-hybridized carbons (Fsp3) is 0.278. The van der Waals surface area contributed by atoms with E-state index < -0.39 is 21.7 Å². The Hall–Kier alpha value is -2.25. The maximum Gasteiger partial charge on any atom is 0.251 e. The van der Waals surface area contributed by atoms with Crippen molar-refractivity contribution >= 4 is 15.9 Å². The lowest BCUT2D eigenvalue weighted by molar-refractivity contribution is 0.0950. The number of nitrogens with zero attached hydrogens (tertiary/aromatic N) is 1. The summed E-state index contributed by atoms with van der Waals surface area (Å²) in [5.74, 6) is -0.870. The molecule has 0 unspecified atom stereocenters. The number of amides is 1. The van der Waals surface area contributed by atoms with Gasteiger partial charge in [0.05, 0.1) is 4.90 Å². The van der Waals surface area contributed by atoms with Gasteiger partial charge in [-0.3, -0.25) is 4.79 Å². The largest absolute Gasteiger partial charge is 0.348 e. The summed E-state index contributed by atoms with van der Waals surface area (Å²) in [6.45, 7) is 3.55. The Morgan fingerprint density at radius 1 is 1.16 bits per heavy atom. The highest BCUT2D eigenvalue weighted by molar-refractivity contribution is 7.89. The van der Waals surface area contributed by atoms with Gasteiger partial charge in [0.2, 0.25) is 10.0 Å². The SMILES string of the molecule is CC(C)N(C)S(=O)(=O)c1cccc(C(=O)NCc2ccccc2F)c1. The van der Waals surface area contributed by atoms with Crippen LogP contribution in [-0.4, -0.2) is 31.7 Å². The molecule has 1 N–H and O–H groups in total. The normalized spacial score (nSPS) is 11.8. The van der Waals surface area contributed by atoms with Gasteiger partial charge in [-0.25, -0.2) is 12.8 Å². The molecule has 0 aliphatic carbocycles. The molecule has 0 fully saturated rings.